The summed E-state index contributed by atoms with van der Waals surface area (Å²) in [5.41, 5.74) is 0. The van der Waals surface area contributed by atoms with Crippen LogP contribution in [0.2, 0.25) is 0 Å². The fraction of sp³-hybridized carbons (Fsp3) is 0.846. The average molecular weight is 270 g/mol. The van der Waals surface area contributed by atoms with E-state index in [4.69, 9.17) is 4.74 Å². The quantitative estimate of drug-likeness (QED) is 0.565. The van der Waals surface area contributed by atoms with Crippen molar-refractivity contribution in [3.8, 4) is 0 Å². The molecule has 0 radical (unpaired) electrons. The van der Waals surface area contributed by atoms with Gasteiger partial charge in [0.1, 0.15) is 0 Å². The molecular formula is C13H26N4O2. The van der Waals surface area contributed by atoms with Gasteiger partial charge in [0.2, 0.25) is 5.91 Å². The van der Waals surface area contributed by atoms with E-state index in [1.165, 1.54) is 0 Å². The first-order valence-electron chi connectivity index (χ1n) is 6.73. The van der Waals surface area contributed by atoms with Crippen LogP contribution >= 0.6 is 0 Å². The smallest absolute Gasteiger partial charge is 0.223 e. The average Bonchev–Trinajstić information content (AvgIpc) is 2.83. The largest absolute Gasteiger partial charge is 0.384 e. The minimum atomic E-state index is 0.127. The molecule has 0 spiro atoms. The molecule has 0 aromatic heterocycles. The fourth-order valence-corrected chi connectivity index (χ4v) is 2.23. The molecule has 6 heteroatoms. The number of guanidine groups is 1. The second-order valence-electron chi connectivity index (χ2n) is 5.07. The summed E-state index contributed by atoms with van der Waals surface area (Å²) in [7, 11) is 7.06. The maximum absolute atomic E-state index is 11.5. The summed E-state index contributed by atoms with van der Waals surface area (Å²) in [6.45, 7) is 3.38. The van der Waals surface area contributed by atoms with Crippen molar-refractivity contribution in [1.29, 1.82) is 0 Å². The minimum absolute atomic E-state index is 0.127. The summed E-state index contributed by atoms with van der Waals surface area (Å²) in [6.07, 6.45) is 1.62. The number of carbonyl (C=O) groups is 1. The number of aliphatic imine (C=N–C) groups is 1. The lowest BCUT2D eigenvalue weighted by molar-refractivity contribution is -0.128. The van der Waals surface area contributed by atoms with Crippen molar-refractivity contribution >= 4 is 11.9 Å². The Labute approximate surface area is 115 Å². The van der Waals surface area contributed by atoms with Gasteiger partial charge in [0, 0.05) is 60.2 Å². The van der Waals surface area contributed by atoms with Crippen molar-refractivity contribution in [1.82, 2.24) is 15.1 Å². The van der Waals surface area contributed by atoms with Crippen LogP contribution in [0.3, 0.4) is 0 Å². The van der Waals surface area contributed by atoms with Crippen molar-refractivity contribution < 1.29 is 9.53 Å². The highest BCUT2D eigenvalue weighted by molar-refractivity contribution is 5.81. The molecule has 0 aromatic rings. The molecule has 1 unspecified atom stereocenters. The molecule has 1 N–H and O–H groups in total. The van der Waals surface area contributed by atoms with Gasteiger partial charge in [0.25, 0.3) is 0 Å². The monoisotopic (exact) mass is 270 g/mol. The Morgan fingerprint density at radius 2 is 2.26 bits per heavy atom. The van der Waals surface area contributed by atoms with Crippen LogP contribution in [0.1, 0.15) is 12.8 Å². The molecule has 6 nitrogen and oxygen atoms in total. The van der Waals surface area contributed by atoms with Crippen molar-refractivity contribution in [3.05, 3.63) is 0 Å². The zero-order valence-electron chi connectivity index (χ0n) is 12.5. The second-order valence-corrected chi connectivity index (χ2v) is 5.07. The number of nitrogens with one attached hydrogen (secondary N) is 1. The van der Waals surface area contributed by atoms with Gasteiger partial charge in [-0.1, -0.05) is 0 Å². The molecule has 0 saturated carbocycles. The second kappa shape index (κ2) is 7.99. The lowest BCUT2D eigenvalue weighted by atomic mass is 10.1. The summed E-state index contributed by atoms with van der Waals surface area (Å²) >= 11 is 0. The highest BCUT2D eigenvalue weighted by Gasteiger charge is 2.24. The Balaban J connectivity index is 2.33. The van der Waals surface area contributed by atoms with Crippen molar-refractivity contribution in [2.24, 2.45) is 10.9 Å². The molecule has 1 atom stereocenters. The number of hydrogen-bond acceptors (Lipinski definition) is 3. The van der Waals surface area contributed by atoms with E-state index in [0.717, 1.165) is 32.1 Å². The molecular weight excluding hydrogens is 244 g/mol. The Bertz CT molecular complexity index is 318. The molecule has 19 heavy (non-hydrogen) atoms. The van der Waals surface area contributed by atoms with Crippen LogP contribution in [0.25, 0.3) is 0 Å². The topological polar surface area (TPSA) is 57.2 Å². The highest BCUT2D eigenvalue weighted by atomic mass is 16.5. The van der Waals surface area contributed by atoms with E-state index in [-0.39, 0.29) is 5.91 Å². The van der Waals surface area contributed by atoms with Gasteiger partial charge in [-0.2, -0.15) is 0 Å². The maximum atomic E-state index is 11.5. The number of methoxy groups -OCH3 is 1. The molecule has 0 aliphatic carbocycles. The summed E-state index contributed by atoms with van der Waals surface area (Å²) in [5, 5.41) is 3.25. The standard InChI is InChI=1S/C13H26N4O2/c1-14-13(15-7-5-12(18)16(2)3)17-8-6-11(9-17)10-19-4/h11H,5-10H2,1-4H3,(H,14,15). The van der Waals surface area contributed by atoms with Crippen molar-refractivity contribution in [3.63, 3.8) is 0 Å². The highest BCUT2D eigenvalue weighted by Crippen LogP contribution is 2.16. The third kappa shape index (κ3) is 5.06. The molecule has 0 bridgehead atoms. The number of hydrogen-bond donors (Lipinski definition) is 1. The first-order valence-corrected chi connectivity index (χ1v) is 6.73. The van der Waals surface area contributed by atoms with Crippen molar-refractivity contribution in [2.45, 2.75) is 12.8 Å². The molecule has 1 fully saturated rings. The Hall–Kier alpha value is -1.30. The minimum Gasteiger partial charge on any atom is -0.384 e. The van der Waals surface area contributed by atoms with Crippen LogP contribution in [-0.4, -0.2) is 76.2 Å². The van der Waals surface area contributed by atoms with Gasteiger partial charge in [-0.25, -0.2) is 0 Å². The van der Waals surface area contributed by atoms with Gasteiger partial charge in [-0.3, -0.25) is 9.79 Å². The summed E-state index contributed by atoms with van der Waals surface area (Å²) in [6, 6.07) is 0. The zero-order valence-corrected chi connectivity index (χ0v) is 12.5. The predicted molar refractivity (Wildman–Crippen MR) is 76.2 cm³/mol. The Morgan fingerprint density at radius 1 is 1.53 bits per heavy atom. The maximum Gasteiger partial charge on any atom is 0.223 e. The van der Waals surface area contributed by atoms with E-state index in [2.05, 4.69) is 15.2 Å². The van der Waals surface area contributed by atoms with Crippen LogP contribution in [0.15, 0.2) is 4.99 Å². The lowest BCUT2D eigenvalue weighted by Gasteiger charge is -2.22. The molecule has 1 rings (SSSR count). The van der Waals surface area contributed by atoms with Gasteiger partial charge >= 0.3 is 0 Å². The van der Waals surface area contributed by atoms with E-state index in [0.29, 0.717) is 18.9 Å². The van der Waals surface area contributed by atoms with E-state index >= 15 is 0 Å². The SMILES string of the molecule is CN=C(NCCC(=O)N(C)C)N1CCC(COC)C1. The number of likely N-dealkylation sites (tertiary alicyclic amines) is 1. The van der Waals surface area contributed by atoms with Crippen LogP contribution in [0, 0.1) is 5.92 Å². The first-order chi connectivity index (χ1) is 9.08. The van der Waals surface area contributed by atoms with E-state index in [1.54, 1.807) is 33.2 Å². The molecule has 1 heterocycles. The fourth-order valence-electron chi connectivity index (χ4n) is 2.23. The number of amides is 1. The van der Waals surface area contributed by atoms with Crippen LogP contribution in [0.5, 0.6) is 0 Å². The van der Waals surface area contributed by atoms with Crippen molar-refractivity contribution in [2.75, 3.05) is 54.5 Å². The summed E-state index contributed by atoms with van der Waals surface area (Å²) in [4.78, 5) is 19.6. The zero-order chi connectivity index (χ0) is 14.3. The molecule has 1 aliphatic rings. The number of carbonyl (C=O) groups excluding carboxylic acids is 1. The Kier molecular flexibility index (Phi) is 6.62. The Morgan fingerprint density at radius 3 is 2.84 bits per heavy atom. The third-order valence-electron chi connectivity index (χ3n) is 3.32. The lowest BCUT2D eigenvalue weighted by Crippen LogP contribution is -2.41. The van der Waals surface area contributed by atoms with Crippen LogP contribution in [0.4, 0.5) is 0 Å². The summed E-state index contributed by atoms with van der Waals surface area (Å²) in [5.74, 6) is 1.58. The van der Waals surface area contributed by atoms with Gasteiger partial charge in [-0.15, -0.1) is 0 Å². The van der Waals surface area contributed by atoms with E-state index in [9.17, 15) is 4.79 Å². The normalized spacial score (nSPS) is 19.7. The van der Waals surface area contributed by atoms with Gasteiger partial charge in [0.05, 0.1) is 6.61 Å². The predicted octanol–water partition coefficient (Wildman–Crippen LogP) is 0.00840. The third-order valence-corrected chi connectivity index (χ3v) is 3.32. The van der Waals surface area contributed by atoms with Gasteiger partial charge in [-0.05, 0) is 6.42 Å². The number of ether oxygens (including phenoxy) is 1. The summed E-state index contributed by atoms with van der Waals surface area (Å²) < 4.78 is 5.19. The number of rotatable bonds is 5. The molecule has 110 valence electrons. The molecule has 1 saturated heterocycles. The van der Waals surface area contributed by atoms with E-state index in [1.807, 2.05) is 0 Å². The molecule has 0 aromatic carbocycles. The van der Waals surface area contributed by atoms with Crippen LogP contribution < -0.4 is 5.32 Å². The van der Waals surface area contributed by atoms with E-state index < -0.39 is 0 Å². The molecule has 1 aliphatic heterocycles. The first kappa shape index (κ1) is 15.8. The van der Waals surface area contributed by atoms with Crippen LogP contribution in [-0.2, 0) is 9.53 Å². The number of nitrogens with zero attached hydrogens (tertiary/aromatic N) is 3. The van der Waals surface area contributed by atoms with Gasteiger partial charge < -0.3 is 19.9 Å². The molecule has 1 amide bonds. The van der Waals surface area contributed by atoms with Gasteiger partial charge in [0.15, 0.2) is 5.96 Å².